The van der Waals surface area contributed by atoms with E-state index >= 15 is 0 Å². The molecule has 9 heteroatoms. The molecule has 2 N–H and O–H groups in total. The van der Waals surface area contributed by atoms with Crippen molar-refractivity contribution in [2.24, 2.45) is 4.99 Å². The number of ether oxygens (including phenoxy) is 1. The van der Waals surface area contributed by atoms with Gasteiger partial charge in [-0.15, -0.1) is 11.3 Å². The van der Waals surface area contributed by atoms with Gasteiger partial charge in [-0.05, 0) is 44.5 Å². The van der Waals surface area contributed by atoms with Crippen molar-refractivity contribution in [2.75, 3.05) is 21.1 Å². The summed E-state index contributed by atoms with van der Waals surface area (Å²) in [5, 5.41) is 6.50. The number of nitrogens with one attached hydrogen (secondary N) is 2. The van der Waals surface area contributed by atoms with Gasteiger partial charge in [-0.25, -0.2) is 12.7 Å². The van der Waals surface area contributed by atoms with Crippen LogP contribution in [0.2, 0.25) is 0 Å². The van der Waals surface area contributed by atoms with E-state index in [1.807, 2.05) is 39.0 Å². The van der Waals surface area contributed by atoms with Crippen LogP contribution in [0, 0.1) is 6.92 Å². The predicted octanol–water partition coefficient (Wildman–Crippen LogP) is 2.96. The van der Waals surface area contributed by atoms with Crippen LogP contribution in [0.15, 0.2) is 39.5 Å². The zero-order valence-corrected chi connectivity index (χ0v) is 19.4. The SMILES string of the molecule is CN=C(NCc1ccc(S(=O)(=O)N(C)C)s1)NCc1ccc(C)cc1OC(C)C. The Morgan fingerprint density at radius 3 is 2.48 bits per heavy atom. The monoisotopic (exact) mass is 438 g/mol. The summed E-state index contributed by atoms with van der Waals surface area (Å²) in [5.41, 5.74) is 2.19. The molecule has 0 radical (unpaired) electrons. The predicted molar refractivity (Wildman–Crippen MR) is 119 cm³/mol. The van der Waals surface area contributed by atoms with Gasteiger partial charge in [0.15, 0.2) is 5.96 Å². The quantitative estimate of drug-likeness (QED) is 0.489. The molecule has 29 heavy (non-hydrogen) atoms. The van der Waals surface area contributed by atoms with Crippen LogP contribution in [-0.4, -0.2) is 45.9 Å². The maximum absolute atomic E-state index is 12.2. The highest BCUT2D eigenvalue weighted by Crippen LogP contribution is 2.24. The first kappa shape index (κ1) is 23.2. The first-order valence-corrected chi connectivity index (χ1v) is 11.6. The van der Waals surface area contributed by atoms with E-state index < -0.39 is 10.0 Å². The fourth-order valence-corrected chi connectivity index (χ4v) is 4.98. The number of hydrogen-bond donors (Lipinski definition) is 2. The topological polar surface area (TPSA) is 83.0 Å². The Labute approximate surface area is 177 Å². The summed E-state index contributed by atoms with van der Waals surface area (Å²) >= 11 is 1.25. The summed E-state index contributed by atoms with van der Waals surface area (Å²) in [5.74, 6) is 1.49. The molecule has 0 bridgehead atoms. The van der Waals surface area contributed by atoms with Gasteiger partial charge in [0.1, 0.15) is 9.96 Å². The number of aryl methyl sites for hydroxylation is 1. The maximum Gasteiger partial charge on any atom is 0.252 e. The lowest BCUT2D eigenvalue weighted by atomic mass is 10.1. The van der Waals surface area contributed by atoms with Gasteiger partial charge in [0.25, 0.3) is 10.0 Å². The third-order valence-electron chi connectivity index (χ3n) is 4.06. The molecule has 0 aliphatic carbocycles. The molecule has 0 spiro atoms. The summed E-state index contributed by atoms with van der Waals surface area (Å²) in [4.78, 5) is 5.15. The standard InChI is InChI=1S/C20H30N4O3S2/c1-14(2)27-18-11-15(3)7-8-16(18)12-22-20(21-4)23-13-17-9-10-19(28-17)29(25,26)24(5)6/h7-11,14H,12-13H2,1-6H3,(H2,21,22,23). The molecule has 0 saturated carbocycles. The van der Waals surface area contributed by atoms with E-state index in [9.17, 15) is 8.42 Å². The highest BCUT2D eigenvalue weighted by Gasteiger charge is 2.19. The number of benzene rings is 1. The fraction of sp³-hybridized carbons (Fsp3) is 0.450. The van der Waals surface area contributed by atoms with Crippen LogP contribution < -0.4 is 15.4 Å². The third-order valence-corrected chi connectivity index (χ3v) is 7.42. The van der Waals surface area contributed by atoms with Crippen molar-refractivity contribution in [1.29, 1.82) is 0 Å². The molecule has 0 aliphatic rings. The summed E-state index contributed by atoms with van der Waals surface area (Å²) < 4.78 is 31.9. The first-order valence-electron chi connectivity index (χ1n) is 9.35. The first-order chi connectivity index (χ1) is 13.6. The normalized spacial score (nSPS) is 12.5. The molecule has 1 aromatic carbocycles. The summed E-state index contributed by atoms with van der Waals surface area (Å²) in [6.07, 6.45) is 0.0967. The minimum Gasteiger partial charge on any atom is -0.491 e. The second-order valence-corrected chi connectivity index (χ2v) is 10.6. The molecule has 2 aromatic rings. The van der Waals surface area contributed by atoms with Crippen molar-refractivity contribution in [1.82, 2.24) is 14.9 Å². The Hall–Kier alpha value is -2.10. The van der Waals surface area contributed by atoms with Crippen LogP contribution in [-0.2, 0) is 23.1 Å². The van der Waals surface area contributed by atoms with Crippen LogP contribution in [0.3, 0.4) is 0 Å². The van der Waals surface area contributed by atoms with Crippen molar-refractivity contribution in [3.8, 4) is 5.75 Å². The van der Waals surface area contributed by atoms with Crippen molar-refractivity contribution >= 4 is 27.3 Å². The molecule has 2 rings (SSSR count). The Bertz CT molecular complexity index is 950. The van der Waals surface area contributed by atoms with Gasteiger partial charge in [-0.3, -0.25) is 4.99 Å². The van der Waals surface area contributed by atoms with Crippen LogP contribution in [0.1, 0.15) is 29.9 Å². The number of hydrogen-bond acceptors (Lipinski definition) is 5. The summed E-state index contributed by atoms with van der Waals surface area (Å²) in [6.45, 7) is 7.09. The smallest absolute Gasteiger partial charge is 0.252 e. The second kappa shape index (κ2) is 10.1. The lowest BCUT2D eigenvalue weighted by Crippen LogP contribution is -2.36. The van der Waals surface area contributed by atoms with E-state index in [0.29, 0.717) is 23.3 Å². The van der Waals surface area contributed by atoms with E-state index in [1.54, 1.807) is 13.1 Å². The van der Waals surface area contributed by atoms with Gasteiger partial charge in [0.2, 0.25) is 0 Å². The lowest BCUT2D eigenvalue weighted by Gasteiger charge is -2.17. The lowest BCUT2D eigenvalue weighted by molar-refractivity contribution is 0.239. The van der Waals surface area contributed by atoms with Gasteiger partial charge < -0.3 is 15.4 Å². The van der Waals surface area contributed by atoms with Gasteiger partial charge in [-0.1, -0.05) is 12.1 Å². The zero-order chi connectivity index (χ0) is 21.6. The van der Waals surface area contributed by atoms with Crippen LogP contribution >= 0.6 is 11.3 Å². The number of rotatable bonds is 8. The van der Waals surface area contributed by atoms with E-state index in [4.69, 9.17) is 4.74 Å². The van der Waals surface area contributed by atoms with E-state index in [-0.39, 0.29) is 6.10 Å². The average molecular weight is 439 g/mol. The number of nitrogens with zero attached hydrogens (tertiary/aromatic N) is 2. The Morgan fingerprint density at radius 1 is 1.17 bits per heavy atom. The summed E-state index contributed by atoms with van der Waals surface area (Å²) in [6, 6.07) is 9.58. The van der Waals surface area contributed by atoms with Crippen molar-refractivity contribution < 1.29 is 13.2 Å². The molecule has 0 atom stereocenters. The summed E-state index contributed by atoms with van der Waals surface area (Å²) in [7, 11) is 1.36. The fourth-order valence-electron chi connectivity index (χ4n) is 2.51. The van der Waals surface area contributed by atoms with Gasteiger partial charge in [-0.2, -0.15) is 0 Å². The Balaban J connectivity index is 1.99. The number of guanidine groups is 1. The molecule has 7 nitrogen and oxygen atoms in total. The van der Waals surface area contributed by atoms with Crippen LogP contribution in [0.4, 0.5) is 0 Å². The molecular weight excluding hydrogens is 408 g/mol. The Morgan fingerprint density at radius 2 is 1.86 bits per heavy atom. The highest BCUT2D eigenvalue weighted by atomic mass is 32.2. The maximum atomic E-state index is 12.2. The largest absolute Gasteiger partial charge is 0.491 e. The number of thiophene rings is 1. The molecule has 160 valence electrons. The minimum absolute atomic E-state index is 0.0967. The molecule has 0 saturated heterocycles. The molecule has 0 fully saturated rings. The van der Waals surface area contributed by atoms with Gasteiger partial charge >= 0.3 is 0 Å². The highest BCUT2D eigenvalue weighted by molar-refractivity contribution is 7.91. The van der Waals surface area contributed by atoms with Gasteiger partial charge in [0, 0.05) is 38.1 Å². The molecule has 0 amide bonds. The van der Waals surface area contributed by atoms with E-state index in [0.717, 1.165) is 21.8 Å². The van der Waals surface area contributed by atoms with Crippen LogP contribution in [0.25, 0.3) is 0 Å². The van der Waals surface area contributed by atoms with Gasteiger partial charge in [0.05, 0.1) is 12.6 Å². The molecule has 0 aliphatic heterocycles. The van der Waals surface area contributed by atoms with Crippen LogP contribution in [0.5, 0.6) is 5.75 Å². The Kier molecular flexibility index (Phi) is 8.06. The number of aliphatic imine (C=N–C) groups is 1. The van der Waals surface area contributed by atoms with Crippen molar-refractivity contribution in [3.05, 3.63) is 46.3 Å². The zero-order valence-electron chi connectivity index (χ0n) is 17.8. The molecule has 1 heterocycles. The molecule has 1 aromatic heterocycles. The second-order valence-electron chi connectivity index (χ2n) is 7.07. The average Bonchev–Trinajstić information content (AvgIpc) is 3.12. The minimum atomic E-state index is -3.40. The number of sulfonamides is 1. The molecular formula is C20H30N4O3S2. The van der Waals surface area contributed by atoms with E-state index in [1.165, 1.54) is 29.7 Å². The van der Waals surface area contributed by atoms with E-state index in [2.05, 4.69) is 21.7 Å². The third kappa shape index (κ3) is 6.45. The van der Waals surface area contributed by atoms with Crippen molar-refractivity contribution in [3.63, 3.8) is 0 Å². The molecule has 0 unspecified atom stereocenters. The van der Waals surface area contributed by atoms with Crippen molar-refractivity contribution in [2.45, 2.75) is 44.2 Å².